The van der Waals surface area contributed by atoms with Crippen molar-refractivity contribution < 1.29 is 27.1 Å². The van der Waals surface area contributed by atoms with Gasteiger partial charge >= 0.3 is 6.18 Å². The summed E-state index contributed by atoms with van der Waals surface area (Å²) in [6.07, 6.45) is -4.77. The van der Waals surface area contributed by atoms with Crippen LogP contribution in [-0.2, 0) is 28.9 Å². The van der Waals surface area contributed by atoms with E-state index in [1.807, 2.05) is 4.90 Å². The smallest absolute Gasteiger partial charge is 0.377 e. The highest BCUT2D eigenvalue weighted by molar-refractivity contribution is 5.78. The monoisotopic (exact) mass is 484 g/mol. The van der Waals surface area contributed by atoms with Crippen LogP contribution in [0.4, 0.5) is 29.2 Å². The van der Waals surface area contributed by atoms with Crippen molar-refractivity contribution in [3.8, 4) is 0 Å². The molecule has 1 fully saturated rings. The first-order valence-electron chi connectivity index (χ1n) is 10.7. The second-order valence-electron chi connectivity index (χ2n) is 8.11. The molecular formula is C22H28F4N6O2. The molecule has 12 heteroatoms. The maximum Gasteiger partial charge on any atom is 0.419 e. The van der Waals surface area contributed by atoms with Gasteiger partial charge in [-0.1, -0.05) is 12.1 Å². The van der Waals surface area contributed by atoms with Crippen LogP contribution >= 0.6 is 0 Å². The van der Waals surface area contributed by atoms with E-state index in [2.05, 4.69) is 15.3 Å². The predicted octanol–water partition coefficient (Wildman–Crippen LogP) is 2.60. The van der Waals surface area contributed by atoms with E-state index in [1.54, 1.807) is 30.0 Å². The van der Waals surface area contributed by atoms with Gasteiger partial charge in [0.05, 0.1) is 12.1 Å². The van der Waals surface area contributed by atoms with Gasteiger partial charge in [-0.05, 0) is 6.07 Å². The first-order chi connectivity index (χ1) is 16.1. The molecule has 0 saturated carbocycles. The van der Waals surface area contributed by atoms with Crippen molar-refractivity contribution in [2.45, 2.75) is 19.3 Å². The Balaban J connectivity index is 1.71. The number of hydrogen-bond donors (Lipinski definition) is 1. The van der Waals surface area contributed by atoms with Gasteiger partial charge in [0.2, 0.25) is 5.91 Å². The van der Waals surface area contributed by atoms with Gasteiger partial charge in [-0.2, -0.15) is 13.2 Å². The Morgan fingerprint density at radius 3 is 2.68 bits per heavy atom. The fraction of sp³-hybridized carbons (Fsp3) is 0.500. The van der Waals surface area contributed by atoms with Gasteiger partial charge in [0.25, 0.3) is 0 Å². The highest BCUT2D eigenvalue weighted by atomic mass is 19.4. The second-order valence-corrected chi connectivity index (χ2v) is 8.11. The maximum atomic E-state index is 14.5. The van der Waals surface area contributed by atoms with Crippen LogP contribution in [0.25, 0.3) is 0 Å². The van der Waals surface area contributed by atoms with Crippen LogP contribution in [0, 0.1) is 5.82 Å². The van der Waals surface area contributed by atoms with Crippen LogP contribution in [0.2, 0.25) is 0 Å². The summed E-state index contributed by atoms with van der Waals surface area (Å²) in [5.74, 6) is 0.0353. The Morgan fingerprint density at radius 2 is 2.00 bits per heavy atom. The van der Waals surface area contributed by atoms with Gasteiger partial charge in [-0.25, -0.2) is 14.4 Å². The number of nitrogens with one attached hydrogen (secondary N) is 1. The summed E-state index contributed by atoms with van der Waals surface area (Å²) in [7, 11) is 4.88. The number of ether oxygens (including phenoxy) is 1. The molecule has 1 aromatic carbocycles. The Bertz CT molecular complexity index is 1000. The zero-order chi connectivity index (χ0) is 24.9. The summed E-state index contributed by atoms with van der Waals surface area (Å²) >= 11 is 0. The molecule has 1 amide bonds. The number of carbonyl (C=O) groups excluding carboxylic acids is 1. The molecule has 1 aliphatic heterocycles. The minimum absolute atomic E-state index is 0.0707. The number of amides is 1. The maximum absolute atomic E-state index is 14.5. The first kappa shape index (κ1) is 25.6. The average molecular weight is 484 g/mol. The minimum atomic E-state index is -4.77. The second kappa shape index (κ2) is 11.0. The van der Waals surface area contributed by atoms with E-state index in [0.717, 1.165) is 12.6 Å². The molecule has 0 bridgehead atoms. The normalized spacial score (nSPS) is 15.0. The van der Waals surface area contributed by atoms with Gasteiger partial charge in [0.15, 0.2) is 5.82 Å². The van der Waals surface area contributed by atoms with Gasteiger partial charge in [-0.3, -0.25) is 9.69 Å². The molecule has 1 aliphatic rings. The van der Waals surface area contributed by atoms with Crippen molar-refractivity contribution in [1.82, 2.24) is 19.8 Å². The van der Waals surface area contributed by atoms with Crippen molar-refractivity contribution in [2.24, 2.45) is 0 Å². The summed E-state index contributed by atoms with van der Waals surface area (Å²) in [6.45, 7) is 2.96. The fourth-order valence-electron chi connectivity index (χ4n) is 3.56. The summed E-state index contributed by atoms with van der Waals surface area (Å²) < 4.78 is 58.8. The number of aromatic nitrogens is 2. The van der Waals surface area contributed by atoms with Crippen molar-refractivity contribution in [1.29, 1.82) is 0 Å². The third kappa shape index (κ3) is 6.54. The lowest BCUT2D eigenvalue weighted by Crippen LogP contribution is -2.49. The molecule has 1 saturated heterocycles. The average Bonchev–Trinajstić information content (AvgIpc) is 2.77. The molecule has 0 radical (unpaired) electrons. The van der Waals surface area contributed by atoms with E-state index in [9.17, 15) is 22.4 Å². The lowest BCUT2D eigenvalue weighted by atomic mass is 10.1. The summed E-state index contributed by atoms with van der Waals surface area (Å²) in [6, 6.07) is 4.85. The number of nitrogens with zero attached hydrogens (tertiary/aromatic N) is 5. The van der Waals surface area contributed by atoms with E-state index in [4.69, 9.17) is 4.74 Å². The molecule has 2 heterocycles. The molecule has 1 N–H and O–H groups in total. The lowest BCUT2D eigenvalue weighted by Gasteiger charge is -2.31. The molecule has 0 aliphatic carbocycles. The van der Waals surface area contributed by atoms with E-state index in [0.29, 0.717) is 43.6 Å². The zero-order valence-corrected chi connectivity index (χ0v) is 19.3. The number of hydrogen-bond acceptors (Lipinski definition) is 7. The number of benzene rings is 1. The van der Waals surface area contributed by atoms with Crippen molar-refractivity contribution >= 4 is 17.5 Å². The van der Waals surface area contributed by atoms with Crippen molar-refractivity contribution in [3.63, 3.8) is 0 Å². The Morgan fingerprint density at radius 1 is 1.24 bits per heavy atom. The molecule has 2 aromatic rings. The summed E-state index contributed by atoms with van der Waals surface area (Å²) in [5.41, 5.74) is -1.40. The topological polar surface area (TPSA) is 73.8 Å². The molecule has 1 aromatic heterocycles. The van der Waals surface area contributed by atoms with Crippen LogP contribution in [0.15, 0.2) is 24.3 Å². The number of rotatable bonds is 9. The number of methoxy groups -OCH3 is 1. The van der Waals surface area contributed by atoms with Gasteiger partial charge in [-0.15, -0.1) is 0 Å². The fourth-order valence-corrected chi connectivity index (χ4v) is 3.56. The first-order valence-corrected chi connectivity index (χ1v) is 10.7. The van der Waals surface area contributed by atoms with E-state index in [-0.39, 0.29) is 24.6 Å². The van der Waals surface area contributed by atoms with Crippen LogP contribution in [0.1, 0.15) is 17.0 Å². The Labute approximate surface area is 195 Å². The van der Waals surface area contributed by atoms with E-state index < -0.39 is 17.6 Å². The zero-order valence-electron chi connectivity index (χ0n) is 19.3. The van der Waals surface area contributed by atoms with Gasteiger partial charge in [0.1, 0.15) is 24.1 Å². The molecule has 34 heavy (non-hydrogen) atoms. The summed E-state index contributed by atoms with van der Waals surface area (Å²) in [4.78, 5) is 25.9. The molecule has 0 spiro atoms. The van der Waals surface area contributed by atoms with Gasteiger partial charge < -0.3 is 19.9 Å². The standard InChI is InChI=1S/C22H28F4N6O2/c1-30-9-10-32(13-20(30)33)8-7-27-17-11-19(29-18(28-17)14-34-3)31(2)12-15-5-4-6-16(21(15)23)22(24,25)26/h4-6,11H,7-10,12-14H2,1-3H3,(H,27,28,29). The molecule has 3 rings (SSSR count). The third-order valence-electron chi connectivity index (χ3n) is 5.49. The Hall–Kier alpha value is -2.99. The predicted molar refractivity (Wildman–Crippen MR) is 119 cm³/mol. The van der Waals surface area contributed by atoms with E-state index in [1.165, 1.54) is 19.2 Å². The number of piperazine rings is 1. The largest absolute Gasteiger partial charge is 0.419 e. The lowest BCUT2D eigenvalue weighted by molar-refractivity contribution is -0.140. The molecule has 186 valence electrons. The minimum Gasteiger partial charge on any atom is -0.377 e. The highest BCUT2D eigenvalue weighted by Crippen LogP contribution is 2.33. The van der Waals surface area contributed by atoms with Crippen LogP contribution in [-0.4, -0.2) is 79.6 Å². The van der Waals surface area contributed by atoms with E-state index >= 15 is 0 Å². The van der Waals surface area contributed by atoms with Crippen LogP contribution in [0.5, 0.6) is 0 Å². The van der Waals surface area contributed by atoms with Crippen LogP contribution < -0.4 is 10.2 Å². The number of halogens is 4. The third-order valence-corrected chi connectivity index (χ3v) is 5.49. The number of carbonyl (C=O) groups is 1. The summed E-state index contributed by atoms with van der Waals surface area (Å²) in [5, 5.41) is 3.19. The number of anilines is 2. The molecule has 0 atom stereocenters. The Kier molecular flexibility index (Phi) is 8.26. The molecule has 8 nitrogen and oxygen atoms in total. The SMILES string of the molecule is COCc1nc(NCCN2CCN(C)C(=O)C2)cc(N(C)Cc2cccc(C(F)(F)F)c2F)n1. The van der Waals surface area contributed by atoms with Crippen molar-refractivity contribution in [2.75, 3.05) is 64.1 Å². The quantitative estimate of drug-likeness (QED) is 0.549. The molecular weight excluding hydrogens is 456 g/mol. The van der Waals surface area contributed by atoms with Crippen molar-refractivity contribution in [3.05, 3.63) is 47.0 Å². The van der Waals surface area contributed by atoms with Crippen LogP contribution in [0.3, 0.4) is 0 Å². The number of alkyl halides is 3. The highest BCUT2D eigenvalue weighted by Gasteiger charge is 2.34. The van der Waals surface area contributed by atoms with Gasteiger partial charge in [0, 0.05) is 65.6 Å². The number of likely N-dealkylation sites (N-methyl/N-ethyl adjacent to an activating group) is 1. The molecule has 0 unspecified atom stereocenters.